The molecular formula is C34H49O8. The number of hydrogen-bond donors (Lipinski definition) is 0. The molecular weight excluding hydrogens is 536 g/mol. The van der Waals surface area contributed by atoms with Gasteiger partial charge in [0, 0.05) is 0 Å². The van der Waals surface area contributed by atoms with Crippen molar-refractivity contribution in [2.24, 2.45) is 0 Å². The van der Waals surface area contributed by atoms with Gasteiger partial charge in [0.25, 0.3) is 0 Å². The van der Waals surface area contributed by atoms with Gasteiger partial charge in [-0.3, -0.25) is 0 Å². The molecule has 1 rings (SSSR count). The normalized spacial score (nSPS) is 10.4. The molecule has 1 aromatic rings. The minimum Gasteiger partial charge on any atom is -0.462 e. The molecule has 0 fully saturated rings. The number of rotatable bonds is 22. The van der Waals surface area contributed by atoms with Crippen LogP contribution in [-0.2, 0) is 38.1 Å². The average Bonchev–Trinajstić information content (AvgIpc) is 2.99. The van der Waals surface area contributed by atoms with Crippen molar-refractivity contribution in [2.75, 3.05) is 26.4 Å². The Bertz CT molecular complexity index is 895. The highest BCUT2D eigenvalue weighted by Gasteiger charge is 2.23. The van der Waals surface area contributed by atoms with Crippen molar-refractivity contribution in [3.05, 3.63) is 46.5 Å². The smallest absolute Gasteiger partial charge is 0.345 e. The number of unbranched alkanes of at least 4 members (excludes halogenated alkanes) is 8. The molecule has 0 spiro atoms. The van der Waals surface area contributed by atoms with Crippen molar-refractivity contribution >= 4 is 36.0 Å². The van der Waals surface area contributed by atoms with Crippen molar-refractivity contribution in [2.45, 2.75) is 105 Å². The molecule has 8 nitrogen and oxygen atoms in total. The Morgan fingerprint density at radius 1 is 0.524 bits per heavy atom. The molecule has 0 atom stereocenters. The van der Waals surface area contributed by atoms with Crippen molar-refractivity contribution in [1.82, 2.24) is 0 Å². The van der Waals surface area contributed by atoms with Gasteiger partial charge in [0.05, 0.1) is 26.4 Å². The average molecular weight is 586 g/mol. The predicted octanol–water partition coefficient (Wildman–Crippen LogP) is 7.19. The van der Waals surface area contributed by atoms with Gasteiger partial charge < -0.3 is 18.9 Å². The lowest BCUT2D eigenvalue weighted by Gasteiger charge is -2.10. The van der Waals surface area contributed by atoms with Gasteiger partial charge in [-0.05, 0) is 55.0 Å². The first kappa shape index (κ1) is 36.6. The molecule has 0 bridgehead atoms. The minimum absolute atomic E-state index is 0.198. The first-order chi connectivity index (χ1) is 20.4. The number of benzene rings is 1. The van der Waals surface area contributed by atoms with Crippen LogP contribution in [0.5, 0.6) is 0 Å². The summed E-state index contributed by atoms with van der Waals surface area (Å²) in [4.78, 5) is 51.3. The molecule has 0 saturated heterocycles. The lowest BCUT2D eigenvalue weighted by atomic mass is 10.1. The fraction of sp³-hybridized carbons (Fsp3) is 0.588. The van der Waals surface area contributed by atoms with Gasteiger partial charge in [0.15, 0.2) is 0 Å². The Morgan fingerprint density at radius 3 is 1.07 bits per heavy atom. The largest absolute Gasteiger partial charge is 0.462 e. The van der Waals surface area contributed by atoms with E-state index in [4.69, 9.17) is 18.9 Å². The monoisotopic (exact) mass is 585 g/mol. The van der Waals surface area contributed by atoms with E-state index in [-0.39, 0.29) is 37.6 Å². The zero-order valence-electron chi connectivity index (χ0n) is 26.0. The molecule has 1 aromatic carbocycles. The van der Waals surface area contributed by atoms with Crippen LogP contribution in [0.3, 0.4) is 0 Å². The topological polar surface area (TPSA) is 105 Å². The predicted molar refractivity (Wildman–Crippen MR) is 163 cm³/mol. The third-order valence-electron chi connectivity index (χ3n) is 6.24. The molecule has 0 aliphatic heterocycles. The number of hydrogen-bond acceptors (Lipinski definition) is 8. The minimum atomic E-state index is -0.770. The fourth-order valence-corrected chi connectivity index (χ4v) is 3.77. The van der Waals surface area contributed by atoms with E-state index < -0.39 is 23.9 Å². The van der Waals surface area contributed by atoms with E-state index in [1.165, 1.54) is 12.2 Å². The number of esters is 4. The van der Waals surface area contributed by atoms with Crippen molar-refractivity contribution < 1.29 is 38.1 Å². The summed E-state index contributed by atoms with van der Waals surface area (Å²) in [5.41, 5.74) is 0.265. The third kappa shape index (κ3) is 15.5. The summed E-state index contributed by atoms with van der Waals surface area (Å²) in [5.74, 6) is -3.08. The van der Waals surface area contributed by atoms with Gasteiger partial charge in [-0.15, -0.1) is 0 Å². The zero-order valence-corrected chi connectivity index (χ0v) is 26.0. The first-order valence-electron chi connectivity index (χ1n) is 15.5. The Hall–Kier alpha value is -3.42. The van der Waals surface area contributed by atoms with Gasteiger partial charge in [-0.25, -0.2) is 19.2 Å². The van der Waals surface area contributed by atoms with E-state index in [0.717, 1.165) is 51.4 Å². The van der Waals surface area contributed by atoms with E-state index in [1.807, 2.05) is 27.7 Å². The van der Waals surface area contributed by atoms with E-state index >= 15 is 0 Å². The molecule has 0 amide bonds. The fourth-order valence-electron chi connectivity index (χ4n) is 3.77. The number of carbonyl (C=O) groups is 4. The SMILES string of the molecule is CCCCCOC(=O)C(=Cc1[c]c(C=C(C(=O)OCCCCC)C(=O)OCCCCC)ccc1)C(=O)OCCCCC. The molecule has 233 valence electrons. The van der Waals surface area contributed by atoms with Crippen LogP contribution in [0.1, 0.15) is 116 Å². The Balaban J connectivity index is 3.27. The maximum Gasteiger partial charge on any atom is 0.345 e. The molecule has 0 aromatic heterocycles. The van der Waals surface area contributed by atoms with Gasteiger partial charge >= 0.3 is 23.9 Å². The van der Waals surface area contributed by atoms with E-state index in [0.29, 0.717) is 36.8 Å². The summed E-state index contributed by atoms with van der Waals surface area (Å²) in [5, 5.41) is 0. The highest BCUT2D eigenvalue weighted by molar-refractivity contribution is 6.18. The van der Waals surface area contributed by atoms with E-state index in [9.17, 15) is 19.2 Å². The highest BCUT2D eigenvalue weighted by Crippen LogP contribution is 2.17. The zero-order chi connectivity index (χ0) is 31.0. The maximum absolute atomic E-state index is 12.8. The second-order valence-corrected chi connectivity index (χ2v) is 10.0. The Morgan fingerprint density at radius 2 is 0.810 bits per heavy atom. The van der Waals surface area contributed by atoms with Gasteiger partial charge in [-0.1, -0.05) is 97.3 Å². The van der Waals surface area contributed by atoms with Crippen LogP contribution < -0.4 is 0 Å². The summed E-state index contributed by atoms with van der Waals surface area (Å²) in [6.07, 6.45) is 13.0. The Labute approximate surface area is 251 Å². The maximum atomic E-state index is 12.8. The molecule has 0 N–H and O–H groups in total. The Kier molecular flexibility index (Phi) is 20.2. The van der Waals surface area contributed by atoms with Crippen LogP contribution in [0.4, 0.5) is 0 Å². The standard InChI is InChI=1S/C34H49O8/c1-5-9-13-20-39-31(35)29(32(36)40-21-14-10-6-2)25-27-18-17-19-28(24-27)26-30(33(37)41-22-15-11-7-3)34(38)42-23-16-12-8-4/h17-19,25-26H,5-16,20-23H2,1-4H3. The molecule has 0 saturated carbocycles. The lowest BCUT2D eigenvalue weighted by molar-refractivity contribution is -0.148. The molecule has 42 heavy (non-hydrogen) atoms. The van der Waals surface area contributed by atoms with Crippen molar-refractivity contribution in [3.8, 4) is 0 Å². The van der Waals surface area contributed by atoms with E-state index in [1.54, 1.807) is 18.2 Å². The van der Waals surface area contributed by atoms with Crippen LogP contribution in [0, 0.1) is 6.07 Å². The molecule has 0 unspecified atom stereocenters. The summed E-state index contributed by atoms with van der Waals surface area (Å²) in [6.45, 7) is 8.97. The van der Waals surface area contributed by atoms with Gasteiger partial charge in [0.1, 0.15) is 11.1 Å². The van der Waals surface area contributed by atoms with Crippen LogP contribution >= 0.6 is 0 Å². The van der Waals surface area contributed by atoms with Crippen molar-refractivity contribution in [1.29, 1.82) is 0 Å². The number of ether oxygens (including phenoxy) is 4. The molecule has 0 heterocycles. The van der Waals surface area contributed by atoms with Crippen LogP contribution in [0.25, 0.3) is 12.2 Å². The first-order valence-corrected chi connectivity index (χ1v) is 15.5. The second kappa shape index (κ2) is 23.2. The number of carbonyl (C=O) groups excluding carboxylic acids is 4. The van der Waals surface area contributed by atoms with Crippen LogP contribution in [0.2, 0.25) is 0 Å². The van der Waals surface area contributed by atoms with Gasteiger partial charge in [0.2, 0.25) is 0 Å². The molecule has 8 heteroatoms. The summed E-state index contributed by atoms with van der Waals surface area (Å²) in [7, 11) is 0. The third-order valence-corrected chi connectivity index (χ3v) is 6.24. The molecule has 0 aliphatic carbocycles. The second-order valence-electron chi connectivity index (χ2n) is 10.0. The summed E-state index contributed by atoms with van der Waals surface area (Å²) >= 11 is 0. The van der Waals surface area contributed by atoms with Crippen LogP contribution in [0.15, 0.2) is 29.3 Å². The summed E-state index contributed by atoms with van der Waals surface area (Å²) < 4.78 is 21.4. The van der Waals surface area contributed by atoms with Crippen LogP contribution in [-0.4, -0.2) is 50.3 Å². The van der Waals surface area contributed by atoms with Crippen molar-refractivity contribution in [3.63, 3.8) is 0 Å². The quantitative estimate of drug-likeness (QED) is 0.0352. The van der Waals surface area contributed by atoms with E-state index in [2.05, 4.69) is 6.07 Å². The highest BCUT2D eigenvalue weighted by atomic mass is 16.6. The van der Waals surface area contributed by atoms with Gasteiger partial charge in [-0.2, -0.15) is 0 Å². The lowest BCUT2D eigenvalue weighted by Crippen LogP contribution is -2.19. The molecule has 0 aliphatic rings. The summed E-state index contributed by atoms with van der Waals surface area (Å²) in [6, 6.07) is 8.02. The molecule has 1 radical (unpaired) electrons.